The number of nitrogens with one attached hydrogen (secondary N) is 1. The first-order chi connectivity index (χ1) is 23.4. The molecule has 0 aliphatic carbocycles. The van der Waals surface area contributed by atoms with Crippen LogP contribution in [0.1, 0.15) is 41.0 Å². The zero-order valence-electron chi connectivity index (χ0n) is 25.8. The molecule has 6 heterocycles. The van der Waals surface area contributed by atoms with E-state index in [1.165, 1.54) is 9.47 Å². The maximum absolute atomic E-state index is 14.1. The number of ether oxygens (including phenoxy) is 1. The molecule has 2 amide bonds. The second kappa shape index (κ2) is 13.4. The Morgan fingerprint density at radius 2 is 1.88 bits per heavy atom. The van der Waals surface area contributed by atoms with Crippen LogP contribution in [0.15, 0.2) is 35.3 Å². The summed E-state index contributed by atoms with van der Waals surface area (Å²) in [5.41, 5.74) is -0.966. The molecule has 2 aliphatic heterocycles. The van der Waals surface area contributed by atoms with Gasteiger partial charge in [-0.3, -0.25) is 14.4 Å². The van der Waals surface area contributed by atoms with Crippen LogP contribution in [0.3, 0.4) is 0 Å². The van der Waals surface area contributed by atoms with Gasteiger partial charge >= 0.3 is 6.18 Å². The fraction of sp³-hybridized carbons (Fsp3) is 0.367. The average Bonchev–Trinajstić information content (AvgIpc) is 3.54. The molecule has 6 rings (SSSR count). The summed E-state index contributed by atoms with van der Waals surface area (Å²) in [6.45, 7) is 2.58. The first-order valence-corrected chi connectivity index (χ1v) is 15.5. The van der Waals surface area contributed by atoms with E-state index >= 15 is 0 Å². The van der Waals surface area contributed by atoms with E-state index < -0.39 is 58.2 Å². The average molecular weight is 706 g/mol. The van der Waals surface area contributed by atoms with Gasteiger partial charge in [0.1, 0.15) is 17.9 Å². The number of aromatic nitrogens is 6. The minimum Gasteiger partial charge on any atom is -0.503 e. The van der Waals surface area contributed by atoms with Gasteiger partial charge in [-0.15, -0.1) is 5.10 Å². The van der Waals surface area contributed by atoms with Crippen molar-refractivity contribution >= 4 is 46.1 Å². The Morgan fingerprint density at radius 3 is 2.53 bits per heavy atom. The summed E-state index contributed by atoms with van der Waals surface area (Å²) in [4.78, 5) is 55.4. The second-order valence-electron chi connectivity index (χ2n) is 11.1. The molecule has 0 unspecified atom stereocenters. The number of carbonyl (C=O) groups is 2. The number of piperazine rings is 1. The summed E-state index contributed by atoms with van der Waals surface area (Å²) in [5, 5.41) is 16.4. The number of hydrogen-bond acceptors (Lipinski definition) is 10. The van der Waals surface area contributed by atoms with E-state index in [1.54, 1.807) is 17.9 Å². The largest absolute Gasteiger partial charge is 0.503 e. The summed E-state index contributed by atoms with van der Waals surface area (Å²) >= 11 is 5.97. The quantitative estimate of drug-likeness (QED) is 0.216. The van der Waals surface area contributed by atoms with Crippen LogP contribution in [0.4, 0.5) is 28.9 Å². The van der Waals surface area contributed by atoms with Gasteiger partial charge in [0.05, 0.1) is 24.6 Å². The number of amides is 2. The van der Waals surface area contributed by atoms with E-state index in [0.29, 0.717) is 31.4 Å². The predicted octanol–water partition coefficient (Wildman–Crippen LogP) is 3.17. The van der Waals surface area contributed by atoms with Gasteiger partial charge in [0.2, 0.25) is 11.7 Å². The number of rotatable bonds is 7. The molecule has 0 aromatic carbocycles. The van der Waals surface area contributed by atoms with Gasteiger partial charge in [0.25, 0.3) is 11.5 Å². The van der Waals surface area contributed by atoms with Gasteiger partial charge in [-0.05, 0) is 36.6 Å². The van der Waals surface area contributed by atoms with E-state index in [-0.39, 0.29) is 55.6 Å². The fourth-order valence-electron chi connectivity index (χ4n) is 5.68. The van der Waals surface area contributed by atoms with Gasteiger partial charge < -0.3 is 29.5 Å². The van der Waals surface area contributed by atoms with Crippen molar-refractivity contribution in [1.29, 1.82) is 0 Å². The summed E-state index contributed by atoms with van der Waals surface area (Å²) < 4.78 is 61.2. The molecule has 2 N–H and O–H groups in total. The number of anilines is 2. The van der Waals surface area contributed by atoms with E-state index in [1.807, 2.05) is 0 Å². The zero-order valence-corrected chi connectivity index (χ0v) is 26.6. The lowest BCUT2D eigenvalue weighted by molar-refractivity contribution is -0.141. The molecule has 4 aromatic heterocycles. The van der Waals surface area contributed by atoms with Crippen molar-refractivity contribution in [2.45, 2.75) is 32.5 Å². The molecule has 49 heavy (non-hydrogen) atoms. The molecule has 0 spiro atoms. The number of hydrogen-bond donors (Lipinski definition) is 2. The number of nitrogens with zero attached hydrogens (tertiary/aromatic N) is 8. The van der Waals surface area contributed by atoms with Crippen molar-refractivity contribution < 1.29 is 37.0 Å². The third-order valence-electron chi connectivity index (χ3n) is 8.09. The molecule has 2 aliphatic rings. The predicted molar refractivity (Wildman–Crippen MR) is 167 cm³/mol. The Morgan fingerprint density at radius 1 is 1.12 bits per heavy atom. The van der Waals surface area contributed by atoms with E-state index in [4.69, 9.17) is 16.3 Å². The highest BCUT2D eigenvalue weighted by molar-refractivity contribution is 6.32. The van der Waals surface area contributed by atoms with Crippen molar-refractivity contribution in [3.05, 3.63) is 74.7 Å². The minimum absolute atomic E-state index is 0.0567. The molecule has 1 saturated heterocycles. The lowest BCUT2D eigenvalue weighted by Gasteiger charge is -2.36. The molecule has 4 aromatic rings. The first-order valence-electron chi connectivity index (χ1n) is 15.1. The molecular weight excluding hydrogens is 678 g/mol. The molecule has 0 atom stereocenters. The van der Waals surface area contributed by atoms with Crippen molar-refractivity contribution in [1.82, 2.24) is 34.0 Å². The minimum atomic E-state index is -4.73. The van der Waals surface area contributed by atoms with Crippen LogP contribution in [-0.2, 0) is 28.7 Å². The third kappa shape index (κ3) is 6.65. The van der Waals surface area contributed by atoms with Gasteiger partial charge in [-0.1, -0.05) is 24.6 Å². The van der Waals surface area contributed by atoms with Crippen LogP contribution in [0.2, 0.25) is 5.15 Å². The van der Waals surface area contributed by atoms with Crippen molar-refractivity contribution in [2.24, 2.45) is 0 Å². The smallest absolute Gasteiger partial charge is 0.433 e. The number of fused-ring (bicyclic) bond motifs is 1. The zero-order chi connectivity index (χ0) is 35.0. The Hall–Kier alpha value is -5.10. The van der Waals surface area contributed by atoms with Crippen LogP contribution in [0.25, 0.3) is 11.4 Å². The molecule has 0 bridgehead atoms. The van der Waals surface area contributed by atoms with E-state index in [2.05, 4.69) is 25.4 Å². The standard InChI is InChI=1S/C30H28ClF4N9O5/c1-2-19-23(41-9-11-42(12-10-41)27(47)22-24(46)17(32)5-8-36-22)28(48)44-29(39-26(40-44)16-6-13-49-14-7-16)43(19)15-21(45)37-18-3-4-20(30(33,34)35)38-25(18)31/h3-6,8,46H,2,7,9-15H2,1H3,(H,37,45). The number of alkyl halides is 3. The fourth-order valence-corrected chi connectivity index (χ4v) is 5.89. The Balaban J connectivity index is 1.35. The lowest BCUT2D eigenvalue weighted by atomic mass is 10.1. The summed E-state index contributed by atoms with van der Waals surface area (Å²) in [6.07, 6.45) is -1.13. The van der Waals surface area contributed by atoms with Crippen molar-refractivity contribution in [2.75, 3.05) is 49.6 Å². The molecule has 14 nitrogen and oxygen atoms in total. The highest BCUT2D eigenvalue weighted by Gasteiger charge is 2.34. The lowest BCUT2D eigenvalue weighted by Crippen LogP contribution is -2.51. The van der Waals surface area contributed by atoms with Crippen molar-refractivity contribution in [3.8, 4) is 5.75 Å². The van der Waals surface area contributed by atoms with Crippen LogP contribution < -0.4 is 15.8 Å². The van der Waals surface area contributed by atoms with Gasteiger partial charge in [0, 0.05) is 32.4 Å². The van der Waals surface area contributed by atoms with Crippen LogP contribution in [0, 0.1) is 5.82 Å². The SMILES string of the molecule is CCc1c(N2CCN(C(=O)c3nccc(F)c3O)CC2)c(=O)n2nc(C3=CCOCC3)nc2n1CC(=O)Nc1ccc(C(F)(F)F)nc1Cl. The topological polar surface area (TPSA) is 160 Å². The molecule has 258 valence electrons. The van der Waals surface area contributed by atoms with Crippen LogP contribution in [0.5, 0.6) is 5.75 Å². The van der Waals surface area contributed by atoms with Crippen LogP contribution >= 0.6 is 11.6 Å². The van der Waals surface area contributed by atoms with E-state index in [0.717, 1.165) is 28.4 Å². The van der Waals surface area contributed by atoms with Gasteiger partial charge in [0.15, 0.2) is 28.2 Å². The van der Waals surface area contributed by atoms with Gasteiger partial charge in [-0.25, -0.2) is 14.4 Å². The van der Waals surface area contributed by atoms with Crippen LogP contribution in [-0.4, -0.2) is 90.3 Å². The molecule has 0 saturated carbocycles. The number of aromatic hydroxyl groups is 1. The Bertz CT molecular complexity index is 2040. The Kier molecular flexibility index (Phi) is 9.26. The maximum Gasteiger partial charge on any atom is 0.433 e. The number of carbonyl (C=O) groups excluding carboxylic acids is 2. The first kappa shape index (κ1) is 33.8. The normalized spacial score (nSPS) is 15.4. The third-order valence-corrected chi connectivity index (χ3v) is 8.37. The highest BCUT2D eigenvalue weighted by atomic mass is 35.5. The molecule has 1 fully saturated rings. The molecule has 0 radical (unpaired) electrons. The number of halogens is 5. The highest BCUT2D eigenvalue weighted by Crippen LogP contribution is 2.31. The molecular formula is C30H28ClF4N9O5. The van der Waals surface area contributed by atoms with Gasteiger partial charge in [-0.2, -0.15) is 22.7 Å². The second-order valence-corrected chi connectivity index (χ2v) is 11.4. The maximum atomic E-state index is 14.1. The summed E-state index contributed by atoms with van der Waals surface area (Å²) in [7, 11) is 0. The molecule has 19 heteroatoms. The number of pyridine rings is 2. The summed E-state index contributed by atoms with van der Waals surface area (Å²) in [5.74, 6) is -2.89. The Labute approximate surface area is 279 Å². The van der Waals surface area contributed by atoms with E-state index in [9.17, 15) is 37.1 Å². The monoisotopic (exact) mass is 705 g/mol. The summed E-state index contributed by atoms with van der Waals surface area (Å²) in [6, 6.07) is 2.62. The van der Waals surface area contributed by atoms with Crippen molar-refractivity contribution in [3.63, 3.8) is 0 Å².